The maximum Gasteiger partial charge on any atom is 0.0366 e. The smallest absolute Gasteiger partial charge is 0.0366 e. The van der Waals surface area contributed by atoms with Crippen molar-refractivity contribution in [2.45, 2.75) is 38.3 Å². The Labute approximate surface area is 104 Å². The van der Waals surface area contributed by atoms with Gasteiger partial charge >= 0.3 is 0 Å². The van der Waals surface area contributed by atoms with E-state index in [0.717, 1.165) is 18.0 Å². The highest BCUT2D eigenvalue weighted by Gasteiger charge is 2.39. The second-order valence-electron chi connectivity index (χ2n) is 5.76. The molecule has 2 saturated heterocycles. The van der Waals surface area contributed by atoms with Gasteiger partial charge in [0.1, 0.15) is 0 Å². The second kappa shape index (κ2) is 4.34. The monoisotopic (exact) mass is 230 g/mol. The number of hydrogen-bond acceptors (Lipinski definition) is 2. The summed E-state index contributed by atoms with van der Waals surface area (Å²) in [5, 5.41) is 3.72. The Morgan fingerprint density at radius 1 is 1.35 bits per heavy atom. The van der Waals surface area contributed by atoms with Crippen LogP contribution in [-0.4, -0.2) is 25.7 Å². The zero-order valence-electron chi connectivity index (χ0n) is 10.8. The van der Waals surface area contributed by atoms with Crippen molar-refractivity contribution < 1.29 is 0 Å². The Kier molecular flexibility index (Phi) is 2.83. The van der Waals surface area contributed by atoms with Crippen molar-refractivity contribution in [1.29, 1.82) is 0 Å². The summed E-state index contributed by atoms with van der Waals surface area (Å²) in [6.07, 6.45) is 4.16. The molecule has 2 aliphatic heterocycles. The number of nitrogens with one attached hydrogen (secondary N) is 1. The summed E-state index contributed by atoms with van der Waals surface area (Å²) in [4.78, 5) is 2.42. The van der Waals surface area contributed by atoms with Gasteiger partial charge in [0.2, 0.25) is 0 Å². The van der Waals surface area contributed by atoms with Crippen LogP contribution in [0.5, 0.6) is 0 Å². The van der Waals surface area contributed by atoms with E-state index >= 15 is 0 Å². The van der Waals surface area contributed by atoms with Gasteiger partial charge in [0.25, 0.3) is 0 Å². The highest BCUT2D eigenvalue weighted by atomic mass is 15.1. The van der Waals surface area contributed by atoms with Crippen molar-refractivity contribution in [3.63, 3.8) is 0 Å². The molecule has 0 saturated carbocycles. The average Bonchev–Trinajstić information content (AvgIpc) is 2.91. The van der Waals surface area contributed by atoms with Crippen LogP contribution in [0.3, 0.4) is 0 Å². The summed E-state index contributed by atoms with van der Waals surface area (Å²) in [6, 6.07) is 10.4. The third-order valence-corrected chi connectivity index (χ3v) is 4.38. The topological polar surface area (TPSA) is 15.3 Å². The van der Waals surface area contributed by atoms with Crippen molar-refractivity contribution in [3.05, 3.63) is 29.8 Å². The lowest BCUT2D eigenvalue weighted by Gasteiger charge is -2.27. The highest BCUT2D eigenvalue weighted by molar-refractivity contribution is 5.47. The van der Waals surface area contributed by atoms with E-state index in [1.165, 1.54) is 37.1 Å². The van der Waals surface area contributed by atoms with Crippen molar-refractivity contribution in [2.75, 3.05) is 18.5 Å². The SMILES string of the molecule is Cc1cccc(N(C)CC2CC3CCC2N3)c1. The molecule has 2 aliphatic rings. The predicted octanol–water partition coefficient (Wildman–Crippen LogP) is 2.57. The van der Waals surface area contributed by atoms with E-state index in [-0.39, 0.29) is 0 Å². The summed E-state index contributed by atoms with van der Waals surface area (Å²) in [6.45, 7) is 3.36. The Hall–Kier alpha value is -1.02. The van der Waals surface area contributed by atoms with Crippen LogP contribution in [0.15, 0.2) is 24.3 Å². The fourth-order valence-electron chi connectivity index (χ4n) is 3.46. The Balaban J connectivity index is 1.65. The fraction of sp³-hybridized carbons (Fsp3) is 0.600. The van der Waals surface area contributed by atoms with Crippen LogP contribution in [0.2, 0.25) is 0 Å². The molecule has 17 heavy (non-hydrogen) atoms. The van der Waals surface area contributed by atoms with Gasteiger partial charge in [-0.3, -0.25) is 0 Å². The Bertz CT molecular complexity index is 402. The second-order valence-corrected chi connectivity index (χ2v) is 5.76. The number of rotatable bonds is 3. The summed E-state index contributed by atoms with van der Waals surface area (Å²) in [5.41, 5.74) is 2.70. The Morgan fingerprint density at radius 3 is 2.88 bits per heavy atom. The molecule has 3 unspecified atom stereocenters. The molecular weight excluding hydrogens is 208 g/mol. The van der Waals surface area contributed by atoms with E-state index in [9.17, 15) is 0 Å². The van der Waals surface area contributed by atoms with Crippen LogP contribution in [0.4, 0.5) is 5.69 Å². The van der Waals surface area contributed by atoms with Crippen LogP contribution in [0.25, 0.3) is 0 Å². The number of fused-ring (bicyclic) bond motifs is 2. The molecule has 2 fully saturated rings. The summed E-state index contributed by atoms with van der Waals surface area (Å²) in [7, 11) is 2.22. The van der Waals surface area contributed by atoms with Gasteiger partial charge in [-0.2, -0.15) is 0 Å². The molecule has 2 bridgehead atoms. The lowest BCUT2D eigenvalue weighted by molar-refractivity contribution is 0.409. The highest BCUT2D eigenvalue weighted by Crippen LogP contribution is 2.34. The molecule has 1 aromatic rings. The minimum atomic E-state index is 0.784. The molecule has 0 aliphatic carbocycles. The minimum absolute atomic E-state index is 0.784. The average molecular weight is 230 g/mol. The number of benzene rings is 1. The molecule has 0 amide bonds. The van der Waals surface area contributed by atoms with E-state index in [4.69, 9.17) is 0 Å². The number of anilines is 1. The normalized spacial score (nSPS) is 30.8. The van der Waals surface area contributed by atoms with Crippen molar-refractivity contribution in [2.24, 2.45) is 5.92 Å². The zero-order chi connectivity index (χ0) is 11.8. The summed E-state index contributed by atoms with van der Waals surface area (Å²) < 4.78 is 0. The van der Waals surface area contributed by atoms with Crippen LogP contribution >= 0.6 is 0 Å². The van der Waals surface area contributed by atoms with Crippen LogP contribution in [0, 0.1) is 12.8 Å². The van der Waals surface area contributed by atoms with Gasteiger partial charge in [-0.15, -0.1) is 0 Å². The van der Waals surface area contributed by atoms with Gasteiger partial charge in [0, 0.05) is 31.4 Å². The van der Waals surface area contributed by atoms with Gasteiger partial charge in [-0.1, -0.05) is 12.1 Å². The number of hydrogen-bond donors (Lipinski definition) is 1. The first kappa shape index (κ1) is 11.1. The number of nitrogens with zero attached hydrogens (tertiary/aromatic N) is 1. The van der Waals surface area contributed by atoms with E-state index in [2.05, 4.69) is 48.5 Å². The lowest BCUT2D eigenvalue weighted by Crippen LogP contribution is -2.33. The molecule has 3 rings (SSSR count). The van der Waals surface area contributed by atoms with Crippen molar-refractivity contribution in [1.82, 2.24) is 5.32 Å². The molecule has 3 atom stereocenters. The first-order valence-electron chi connectivity index (χ1n) is 6.76. The van der Waals surface area contributed by atoms with Gasteiger partial charge in [-0.05, 0) is 49.8 Å². The third-order valence-electron chi connectivity index (χ3n) is 4.38. The van der Waals surface area contributed by atoms with Crippen molar-refractivity contribution >= 4 is 5.69 Å². The van der Waals surface area contributed by atoms with Crippen LogP contribution < -0.4 is 10.2 Å². The maximum atomic E-state index is 3.72. The summed E-state index contributed by atoms with van der Waals surface area (Å²) in [5.74, 6) is 0.847. The van der Waals surface area contributed by atoms with Gasteiger partial charge < -0.3 is 10.2 Å². The molecule has 2 heterocycles. The van der Waals surface area contributed by atoms with Crippen LogP contribution in [-0.2, 0) is 0 Å². The molecule has 2 heteroatoms. The van der Waals surface area contributed by atoms with Crippen molar-refractivity contribution in [3.8, 4) is 0 Å². The molecule has 0 radical (unpaired) electrons. The molecule has 2 nitrogen and oxygen atoms in total. The third kappa shape index (κ3) is 2.19. The molecule has 0 aromatic heterocycles. The predicted molar refractivity (Wildman–Crippen MR) is 72.5 cm³/mol. The van der Waals surface area contributed by atoms with Gasteiger partial charge in [0.15, 0.2) is 0 Å². The lowest BCUT2D eigenvalue weighted by atomic mass is 9.89. The van der Waals surface area contributed by atoms with E-state index in [1.54, 1.807) is 0 Å². The molecule has 1 N–H and O–H groups in total. The van der Waals surface area contributed by atoms with E-state index < -0.39 is 0 Å². The van der Waals surface area contributed by atoms with Gasteiger partial charge in [0.05, 0.1) is 0 Å². The standard InChI is InChI=1S/C15H22N2/c1-11-4-3-5-14(8-11)17(2)10-12-9-13-6-7-15(12)16-13/h3-5,8,12-13,15-16H,6-7,9-10H2,1-2H3. The molecule has 1 aromatic carbocycles. The maximum absolute atomic E-state index is 3.72. The Morgan fingerprint density at radius 2 is 2.24 bits per heavy atom. The number of aryl methyl sites for hydroxylation is 1. The first-order valence-corrected chi connectivity index (χ1v) is 6.76. The molecule has 0 spiro atoms. The van der Waals surface area contributed by atoms with E-state index in [1.807, 2.05) is 0 Å². The minimum Gasteiger partial charge on any atom is -0.374 e. The van der Waals surface area contributed by atoms with Gasteiger partial charge in [-0.25, -0.2) is 0 Å². The first-order chi connectivity index (χ1) is 8.22. The van der Waals surface area contributed by atoms with Crippen LogP contribution in [0.1, 0.15) is 24.8 Å². The zero-order valence-corrected chi connectivity index (χ0v) is 10.8. The fourth-order valence-corrected chi connectivity index (χ4v) is 3.46. The quantitative estimate of drug-likeness (QED) is 0.858. The molecular formula is C15H22N2. The summed E-state index contributed by atoms with van der Waals surface area (Å²) >= 11 is 0. The largest absolute Gasteiger partial charge is 0.374 e. The van der Waals surface area contributed by atoms with E-state index in [0.29, 0.717) is 0 Å². The molecule has 92 valence electrons.